The van der Waals surface area contributed by atoms with Gasteiger partial charge in [-0.15, -0.1) is 0 Å². The molecule has 0 radical (unpaired) electrons. The van der Waals surface area contributed by atoms with Crippen molar-refractivity contribution in [1.82, 2.24) is 9.88 Å². The van der Waals surface area contributed by atoms with E-state index in [4.69, 9.17) is 9.84 Å². The van der Waals surface area contributed by atoms with Gasteiger partial charge in [-0.1, -0.05) is 0 Å². The van der Waals surface area contributed by atoms with Crippen molar-refractivity contribution < 1.29 is 19.0 Å². The molecule has 1 saturated heterocycles. The molecule has 5 nitrogen and oxygen atoms in total. The second-order valence-electron chi connectivity index (χ2n) is 4.44. The quantitative estimate of drug-likeness (QED) is 0.878. The summed E-state index contributed by atoms with van der Waals surface area (Å²) in [5.74, 6) is -0.897. The number of amides is 1. The molecule has 1 aromatic heterocycles. The number of ether oxygens (including phenoxy) is 1. The van der Waals surface area contributed by atoms with Gasteiger partial charge in [0.1, 0.15) is 0 Å². The van der Waals surface area contributed by atoms with Gasteiger partial charge in [-0.05, 0) is 18.9 Å². The minimum absolute atomic E-state index is 0.00136. The fourth-order valence-electron chi connectivity index (χ4n) is 2.16. The standard InChI is InChI=1S/C13H17FN2O3/c14-12-9-15-4-1-11(12)13(18)16-5-2-10(3-6-16)19-8-7-17/h1,4,9-10,17H,2-3,5-8H2. The van der Waals surface area contributed by atoms with Crippen molar-refractivity contribution in [2.45, 2.75) is 18.9 Å². The summed E-state index contributed by atoms with van der Waals surface area (Å²) >= 11 is 0. The number of hydrogen-bond acceptors (Lipinski definition) is 4. The van der Waals surface area contributed by atoms with Crippen LogP contribution in [0.1, 0.15) is 23.2 Å². The summed E-state index contributed by atoms with van der Waals surface area (Å²) in [7, 11) is 0. The van der Waals surface area contributed by atoms with Crippen LogP contribution in [0, 0.1) is 5.82 Å². The predicted octanol–water partition coefficient (Wildman–Crippen LogP) is 0.834. The van der Waals surface area contributed by atoms with Gasteiger partial charge in [0.2, 0.25) is 0 Å². The molecule has 0 unspecified atom stereocenters. The monoisotopic (exact) mass is 268 g/mol. The summed E-state index contributed by atoms with van der Waals surface area (Å²) in [5, 5.41) is 8.68. The Balaban J connectivity index is 1.91. The SMILES string of the molecule is O=C(c1ccncc1F)N1CCC(OCCO)CC1. The molecular weight excluding hydrogens is 251 g/mol. The molecule has 19 heavy (non-hydrogen) atoms. The smallest absolute Gasteiger partial charge is 0.256 e. The van der Waals surface area contributed by atoms with Crippen LogP contribution in [0.25, 0.3) is 0 Å². The largest absolute Gasteiger partial charge is 0.394 e. The zero-order chi connectivity index (χ0) is 13.7. The number of carbonyl (C=O) groups is 1. The maximum Gasteiger partial charge on any atom is 0.256 e. The fourth-order valence-corrected chi connectivity index (χ4v) is 2.16. The number of aromatic nitrogens is 1. The van der Waals surface area contributed by atoms with Gasteiger partial charge in [-0.25, -0.2) is 4.39 Å². The first-order chi connectivity index (χ1) is 9.22. The zero-order valence-electron chi connectivity index (χ0n) is 10.6. The average Bonchev–Trinajstić information content (AvgIpc) is 2.45. The number of rotatable bonds is 4. The van der Waals surface area contributed by atoms with E-state index in [0.29, 0.717) is 32.5 Å². The molecule has 1 amide bonds. The lowest BCUT2D eigenvalue weighted by Gasteiger charge is -2.31. The number of likely N-dealkylation sites (tertiary alicyclic amines) is 1. The average molecular weight is 268 g/mol. The maximum atomic E-state index is 13.5. The van der Waals surface area contributed by atoms with Crippen LogP contribution in [0.4, 0.5) is 4.39 Å². The third kappa shape index (κ3) is 3.48. The van der Waals surface area contributed by atoms with Crippen LogP contribution < -0.4 is 0 Å². The van der Waals surface area contributed by atoms with Crippen molar-refractivity contribution in [2.75, 3.05) is 26.3 Å². The van der Waals surface area contributed by atoms with Gasteiger partial charge >= 0.3 is 0 Å². The lowest BCUT2D eigenvalue weighted by Crippen LogP contribution is -2.41. The third-order valence-corrected chi connectivity index (χ3v) is 3.18. The van der Waals surface area contributed by atoms with Gasteiger partial charge < -0.3 is 14.7 Å². The first-order valence-electron chi connectivity index (χ1n) is 6.33. The molecule has 0 saturated carbocycles. The summed E-state index contributed by atoms with van der Waals surface area (Å²) in [6.07, 6.45) is 3.94. The molecule has 0 aromatic carbocycles. The van der Waals surface area contributed by atoms with Gasteiger partial charge in [0.05, 0.1) is 31.1 Å². The fraction of sp³-hybridized carbons (Fsp3) is 0.538. The van der Waals surface area contributed by atoms with E-state index < -0.39 is 5.82 Å². The van der Waals surface area contributed by atoms with E-state index in [1.807, 2.05) is 0 Å². The number of nitrogens with zero attached hydrogens (tertiary/aromatic N) is 2. The highest BCUT2D eigenvalue weighted by Gasteiger charge is 2.25. The molecule has 2 rings (SSSR count). The molecule has 1 aromatic rings. The molecule has 1 fully saturated rings. The number of piperidine rings is 1. The minimum Gasteiger partial charge on any atom is -0.394 e. The lowest BCUT2D eigenvalue weighted by molar-refractivity contribution is -0.00562. The van der Waals surface area contributed by atoms with Crippen LogP contribution in [0.5, 0.6) is 0 Å². The van der Waals surface area contributed by atoms with Gasteiger partial charge in [-0.2, -0.15) is 0 Å². The highest BCUT2D eigenvalue weighted by Crippen LogP contribution is 2.17. The topological polar surface area (TPSA) is 62.7 Å². The van der Waals surface area contributed by atoms with Crippen LogP contribution in [0.2, 0.25) is 0 Å². The summed E-state index contributed by atoms with van der Waals surface area (Å²) in [4.78, 5) is 17.4. The molecule has 104 valence electrons. The Morgan fingerprint density at radius 1 is 1.53 bits per heavy atom. The summed E-state index contributed by atoms with van der Waals surface area (Å²) in [6.45, 7) is 1.40. The Kier molecular flexibility index (Phi) is 4.81. The van der Waals surface area contributed by atoms with E-state index in [2.05, 4.69) is 4.98 Å². The number of halogens is 1. The highest BCUT2D eigenvalue weighted by atomic mass is 19.1. The Morgan fingerprint density at radius 2 is 2.26 bits per heavy atom. The normalized spacial score (nSPS) is 16.6. The second kappa shape index (κ2) is 6.58. The first kappa shape index (κ1) is 13.9. The Bertz CT molecular complexity index is 434. The van der Waals surface area contributed by atoms with Crippen molar-refractivity contribution in [2.24, 2.45) is 0 Å². The molecule has 1 aliphatic heterocycles. The highest BCUT2D eigenvalue weighted by molar-refractivity contribution is 5.94. The molecule has 0 spiro atoms. The predicted molar refractivity (Wildman–Crippen MR) is 66.2 cm³/mol. The number of hydrogen-bond donors (Lipinski definition) is 1. The molecule has 0 aliphatic carbocycles. The molecular formula is C13H17FN2O3. The van der Waals surface area contributed by atoms with E-state index in [-0.39, 0.29) is 24.2 Å². The maximum absolute atomic E-state index is 13.5. The summed E-state index contributed by atoms with van der Waals surface area (Å²) < 4.78 is 18.9. The number of aliphatic hydroxyl groups excluding tert-OH is 1. The van der Waals surface area contributed by atoms with Crippen LogP contribution >= 0.6 is 0 Å². The Hall–Kier alpha value is -1.53. The van der Waals surface area contributed by atoms with Crippen LogP contribution in [-0.2, 0) is 4.74 Å². The van der Waals surface area contributed by atoms with Gasteiger partial charge in [0.15, 0.2) is 5.82 Å². The summed E-state index contributed by atoms with van der Waals surface area (Å²) in [6, 6.07) is 1.39. The van der Waals surface area contributed by atoms with E-state index in [1.165, 1.54) is 12.3 Å². The molecule has 0 bridgehead atoms. The van der Waals surface area contributed by atoms with Gasteiger partial charge in [-0.3, -0.25) is 9.78 Å². The number of aliphatic hydroxyl groups is 1. The molecule has 0 atom stereocenters. The number of pyridine rings is 1. The van der Waals surface area contributed by atoms with Gasteiger partial charge in [0.25, 0.3) is 5.91 Å². The Morgan fingerprint density at radius 3 is 2.89 bits per heavy atom. The van der Waals surface area contributed by atoms with Crippen LogP contribution in [0.15, 0.2) is 18.5 Å². The molecule has 1 aliphatic rings. The van der Waals surface area contributed by atoms with Crippen molar-refractivity contribution in [3.63, 3.8) is 0 Å². The van der Waals surface area contributed by atoms with Crippen LogP contribution in [0.3, 0.4) is 0 Å². The first-order valence-corrected chi connectivity index (χ1v) is 6.33. The Labute approximate surface area is 111 Å². The third-order valence-electron chi connectivity index (χ3n) is 3.18. The molecule has 2 heterocycles. The van der Waals surface area contributed by atoms with Crippen molar-refractivity contribution in [3.05, 3.63) is 29.8 Å². The second-order valence-corrected chi connectivity index (χ2v) is 4.44. The minimum atomic E-state index is -0.592. The van der Waals surface area contributed by atoms with Crippen LogP contribution in [-0.4, -0.2) is 53.3 Å². The van der Waals surface area contributed by atoms with E-state index in [9.17, 15) is 9.18 Å². The van der Waals surface area contributed by atoms with Gasteiger partial charge in [0, 0.05) is 19.3 Å². The zero-order valence-corrected chi connectivity index (χ0v) is 10.6. The number of carbonyl (C=O) groups excluding carboxylic acids is 1. The van der Waals surface area contributed by atoms with E-state index >= 15 is 0 Å². The summed E-state index contributed by atoms with van der Waals surface area (Å²) in [5.41, 5.74) is 0.0599. The lowest BCUT2D eigenvalue weighted by atomic mass is 10.1. The molecule has 1 N–H and O–H groups in total. The molecule has 6 heteroatoms. The van der Waals surface area contributed by atoms with E-state index in [1.54, 1.807) is 4.90 Å². The van der Waals surface area contributed by atoms with E-state index in [0.717, 1.165) is 6.20 Å². The van der Waals surface area contributed by atoms with Crippen molar-refractivity contribution in [3.8, 4) is 0 Å². The van der Waals surface area contributed by atoms with Crippen molar-refractivity contribution >= 4 is 5.91 Å². The van der Waals surface area contributed by atoms with Crippen molar-refractivity contribution in [1.29, 1.82) is 0 Å².